The molecular formula is C20H22ClNO4. The Morgan fingerprint density at radius 1 is 1.12 bits per heavy atom. The molecule has 1 amide bonds. The fourth-order valence-electron chi connectivity index (χ4n) is 2.32. The van der Waals surface area contributed by atoms with Gasteiger partial charge in [-0.25, -0.2) is 4.79 Å². The summed E-state index contributed by atoms with van der Waals surface area (Å²) in [6.45, 7) is 5.39. The molecule has 0 aliphatic heterocycles. The van der Waals surface area contributed by atoms with Crippen LogP contribution < -0.4 is 10.1 Å². The van der Waals surface area contributed by atoms with Crippen LogP contribution in [0, 0.1) is 6.92 Å². The molecule has 138 valence electrons. The number of para-hydroxylation sites is 1. The van der Waals surface area contributed by atoms with Gasteiger partial charge in [0.05, 0.1) is 10.7 Å². The van der Waals surface area contributed by atoms with Crippen molar-refractivity contribution >= 4 is 29.2 Å². The zero-order valence-electron chi connectivity index (χ0n) is 15.0. The molecule has 0 fully saturated rings. The molecule has 2 aromatic rings. The predicted molar refractivity (Wildman–Crippen MR) is 102 cm³/mol. The second-order valence-electron chi connectivity index (χ2n) is 6.17. The van der Waals surface area contributed by atoms with Crippen LogP contribution in [0.25, 0.3) is 0 Å². The number of benzene rings is 2. The molecule has 0 saturated carbocycles. The van der Waals surface area contributed by atoms with E-state index in [4.69, 9.17) is 21.1 Å². The highest BCUT2D eigenvalue weighted by atomic mass is 35.5. The lowest BCUT2D eigenvalue weighted by molar-refractivity contribution is -0.149. The van der Waals surface area contributed by atoms with Crippen LogP contribution >= 0.6 is 11.6 Å². The van der Waals surface area contributed by atoms with Crippen LogP contribution in [0.15, 0.2) is 42.5 Å². The number of esters is 1. The molecular weight excluding hydrogens is 354 g/mol. The summed E-state index contributed by atoms with van der Waals surface area (Å²) in [4.78, 5) is 23.7. The van der Waals surface area contributed by atoms with Gasteiger partial charge in [-0.3, -0.25) is 4.79 Å². The van der Waals surface area contributed by atoms with Crippen LogP contribution in [0.1, 0.15) is 30.9 Å². The second kappa shape index (κ2) is 9.25. The molecule has 0 heterocycles. The number of rotatable bonds is 7. The highest BCUT2D eigenvalue weighted by Gasteiger charge is 2.13. The van der Waals surface area contributed by atoms with Crippen LogP contribution in [-0.2, 0) is 14.3 Å². The highest BCUT2D eigenvalue weighted by molar-refractivity contribution is 6.33. The van der Waals surface area contributed by atoms with Crippen molar-refractivity contribution in [2.75, 3.05) is 18.5 Å². The molecule has 2 rings (SSSR count). The van der Waals surface area contributed by atoms with Crippen LogP contribution in [0.4, 0.5) is 5.69 Å². The van der Waals surface area contributed by atoms with Crippen molar-refractivity contribution < 1.29 is 19.1 Å². The summed E-state index contributed by atoms with van der Waals surface area (Å²) in [6, 6.07) is 12.7. The van der Waals surface area contributed by atoms with Crippen molar-refractivity contribution in [3.63, 3.8) is 0 Å². The predicted octanol–water partition coefficient (Wildman–Crippen LogP) is 4.33. The van der Waals surface area contributed by atoms with E-state index in [2.05, 4.69) is 19.2 Å². The van der Waals surface area contributed by atoms with E-state index in [0.29, 0.717) is 16.5 Å². The molecule has 0 aromatic heterocycles. The SMILES string of the molecule is Cc1ccc(C(C)C)c(OCC(=O)OCC(=O)Nc2ccccc2Cl)c1. The lowest BCUT2D eigenvalue weighted by Gasteiger charge is -2.14. The molecule has 6 heteroatoms. The fourth-order valence-corrected chi connectivity index (χ4v) is 2.50. The third-order valence-electron chi connectivity index (χ3n) is 3.65. The van der Waals surface area contributed by atoms with Gasteiger partial charge in [-0.05, 0) is 42.2 Å². The number of carbonyl (C=O) groups is 2. The van der Waals surface area contributed by atoms with Gasteiger partial charge in [0.25, 0.3) is 5.91 Å². The Kier molecular flexibility index (Phi) is 7.04. The Labute approximate surface area is 158 Å². The Morgan fingerprint density at radius 2 is 1.85 bits per heavy atom. The van der Waals surface area contributed by atoms with Gasteiger partial charge in [0.15, 0.2) is 13.2 Å². The summed E-state index contributed by atoms with van der Waals surface area (Å²) >= 11 is 5.96. The number of carbonyl (C=O) groups excluding carboxylic acids is 2. The van der Waals surface area contributed by atoms with Crippen molar-refractivity contribution in [3.8, 4) is 5.75 Å². The first kappa shape index (κ1) is 19.8. The Morgan fingerprint density at radius 3 is 2.54 bits per heavy atom. The van der Waals surface area contributed by atoms with Crippen LogP contribution in [0.3, 0.4) is 0 Å². The molecule has 1 N–H and O–H groups in total. The van der Waals surface area contributed by atoms with E-state index in [9.17, 15) is 9.59 Å². The molecule has 0 saturated heterocycles. The molecule has 2 aromatic carbocycles. The zero-order valence-corrected chi connectivity index (χ0v) is 15.8. The molecule has 0 spiro atoms. The number of anilines is 1. The van der Waals surface area contributed by atoms with E-state index in [1.54, 1.807) is 24.3 Å². The van der Waals surface area contributed by atoms with Crippen molar-refractivity contribution in [3.05, 3.63) is 58.6 Å². The average Bonchev–Trinajstić information content (AvgIpc) is 2.60. The Hall–Kier alpha value is -2.53. The molecule has 5 nitrogen and oxygen atoms in total. The van der Waals surface area contributed by atoms with Gasteiger partial charge in [-0.1, -0.05) is 49.7 Å². The van der Waals surface area contributed by atoms with E-state index in [1.807, 2.05) is 25.1 Å². The van der Waals surface area contributed by atoms with Crippen molar-refractivity contribution in [1.82, 2.24) is 0 Å². The summed E-state index contributed by atoms with van der Waals surface area (Å²) in [7, 11) is 0. The first-order valence-electron chi connectivity index (χ1n) is 8.30. The lowest BCUT2D eigenvalue weighted by Crippen LogP contribution is -2.24. The number of nitrogens with one attached hydrogen (secondary N) is 1. The highest BCUT2D eigenvalue weighted by Crippen LogP contribution is 2.27. The molecule has 0 aliphatic carbocycles. The van der Waals surface area contributed by atoms with E-state index in [0.717, 1.165) is 11.1 Å². The van der Waals surface area contributed by atoms with E-state index >= 15 is 0 Å². The van der Waals surface area contributed by atoms with Crippen LogP contribution in [0.5, 0.6) is 5.75 Å². The number of halogens is 1. The van der Waals surface area contributed by atoms with Gasteiger partial charge in [0.1, 0.15) is 5.75 Å². The average molecular weight is 376 g/mol. The summed E-state index contributed by atoms with van der Waals surface area (Å²) in [5.41, 5.74) is 2.52. The van der Waals surface area contributed by atoms with Crippen molar-refractivity contribution in [2.24, 2.45) is 0 Å². The number of ether oxygens (including phenoxy) is 2. The van der Waals surface area contributed by atoms with Gasteiger partial charge in [0.2, 0.25) is 0 Å². The maximum atomic E-state index is 11.9. The summed E-state index contributed by atoms with van der Waals surface area (Å²) in [5.74, 6) is -0.166. The maximum Gasteiger partial charge on any atom is 0.344 e. The minimum Gasteiger partial charge on any atom is -0.482 e. The molecule has 0 atom stereocenters. The largest absolute Gasteiger partial charge is 0.482 e. The van der Waals surface area contributed by atoms with E-state index in [1.165, 1.54) is 0 Å². The normalized spacial score (nSPS) is 10.5. The topological polar surface area (TPSA) is 64.6 Å². The number of amides is 1. The number of hydrogen-bond acceptors (Lipinski definition) is 4. The Balaban J connectivity index is 1.83. The van der Waals surface area contributed by atoms with Gasteiger partial charge in [-0.15, -0.1) is 0 Å². The maximum absolute atomic E-state index is 11.9. The van der Waals surface area contributed by atoms with E-state index < -0.39 is 18.5 Å². The molecule has 0 radical (unpaired) electrons. The quantitative estimate of drug-likeness (QED) is 0.731. The number of aryl methyl sites for hydroxylation is 1. The minimum atomic E-state index is -0.615. The molecule has 0 aliphatic rings. The zero-order chi connectivity index (χ0) is 19.1. The van der Waals surface area contributed by atoms with Crippen LogP contribution in [0.2, 0.25) is 5.02 Å². The summed E-state index contributed by atoms with van der Waals surface area (Å²) < 4.78 is 10.5. The van der Waals surface area contributed by atoms with Crippen molar-refractivity contribution in [1.29, 1.82) is 0 Å². The molecule has 26 heavy (non-hydrogen) atoms. The monoisotopic (exact) mass is 375 g/mol. The van der Waals surface area contributed by atoms with Gasteiger partial charge < -0.3 is 14.8 Å². The smallest absolute Gasteiger partial charge is 0.344 e. The van der Waals surface area contributed by atoms with E-state index in [-0.39, 0.29) is 12.5 Å². The molecule has 0 unspecified atom stereocenters. The summed E-state index contributed by atoms with van der Waals surface area (Å²) in [5, 5.41) is 3.00. The lowest BCUT2D eigenvalue weighted by atomic mass is 10.0. The standard InChI is InChI=1S/C20H22ClNO4/c1-13(2)15-9-8-14(3)10-18(15)25-12-20(24)26-11-19(23)22-17-7-5-4-6-16(17)21/h4-10,13H,11-12H2,1-3H3,(H,22,23). The third-order valence-corrected chi connectivity index (χ3v) is 3.98. The summed E-state index contributed by atoms with van der Waals surface area (Å²) in [6.07, 6.45) is 0. The third kappa shape index (κ3) is 5.77. The second-order valence-corrected chi connectivity index (χ2v) is 6.58. The minimum absolute atomic E-state index is 0.261. The Bertz CT molecular complexity index is 789. The first-order valence-corrected chi connectivity index (χ1v) is 8.68. The van der Waals surface area contributed by atoms with Gasteiger partial charge in [-0.2, -0.15) is 0 Å². The van der Waals surface area contributed by atoms with Gasteiger partial charge >= 0.3 is 5.97 Å². The van der Waals surface area contributed by atoms with Gasteiger partial charge in [0, 0.05) is 0 Å². The number of hydrogen-bond donors (Lipinski definition) is 1. The fraction of sp³-hybridized carbons (Fsp3) is 0.300. The first-order chi connectivity index (χ1) is 12.4. The van der Waals surface area contributed by atoms with Crippen LogP contribution in [-0.4, -0.2) is 25.1 Å². The van der Waals surface area contributed by atoms with Crippen molar-refractivity contribution in [2.45, 2.75) is 26.7 Å². The molecule has 0 bridgehead atoms.